The molecule has 7 nitrogen and oxygen atoms in total. The zero-order valence-electron chi connectivity index (χ0n) is 15.6. The number of ether oxygens (including phenoxy) is 1. The summed E-state index contributed by atoms with van der Waals surface area (Å²) in [7, 11) is 1.66. The summed E-state index contributed by atoms with van der Waals surface area (Å²) in [6.07, 6.45) is 1.84. The van der Waals surface area contributed by atoms with Gasteiger partial charge in [0.2, 0.25) is 0 Å². The van der Waals surface area contributed by atoms with E-state index in [9.17, 15) is 0 Å². The van der Waals surface area contributed by atoms with Crippen molar-refractivity contribution in [2.24, 2.45) is 10.7 Å². The Balaban J connectivity index is 1.33. The van der Waals surface area contributed by atoms with Crippen LogP contribution in [0.1, 0.15) is 5.69 Å². The summed E-state index contributed by atoms with van der Waals surface area (Å²) >= 11 is 3.28. The summed E-state index contributed by atoms with van der Waals surface area (Å²) < 4.78 is 5.20. The normalized spacial score (nSPS) is 15.1. The smallest absolute Gasteiger partial charge is 0.191 e. The molecule has 4 rings (SSSR count). The number of thiazole rings is 2. The van der Waals surface area contributed by atoms with E-state index in [-0.39, 0.29) is 0 Å². The number of hydrogen-bond donors (Lipinski definition) is 1. The molecule has 3 heterocycles. The third-order valence-electron chi connectivity index (χ3n) is 4.59. The van der Waals surface area contributed by atoms with Gasteiger partial charge in [0, 0.05) is 48.7 Å². The fraction of sp³-hybridized carbons (Fsp3) is 0.316. The highest BCUT2D eigenvalue weighted by atomic mass is 32.1. The molecular formula is C19H22N6OS2. The summed E-state index contributed by atoms with van der Waals surface area (Å²) in [6, 6.07) is 7.91. The van der Waals surface area contributed by atoms with Gasteiger partial charge in [0.25, 0.3) is 0 Å². The number of guanidine groups is 1. The first-order chi connectivity index (χ1) is 13.7. The molecule has 0 radical (unpaired) electrons. The van der Waals surface area contributed by atoms with Gasteiger partial charge in [-0.3, -0.25) is 0 Å². The second-order valence-corrected chi connectivity index (χ2v) is 8.07. The van der Waals surface area contributed by atoms with Gasteiger partial charge in [-0.25, -0.2) is 15.0 Å². The van der Waals surface area contributed by atoms with Crippen LogP contribution in [0.2, 0.25) is 0 Å². The molecule has 0 bridgehead atoms. The molecule has 2 N–H and O–H groups in total. The van der Waals surface area contributed by atoms with Crippen molar-refractivity contribution < 1.29 is 4.74 Å². The molecule has 0 amide bonds. The average Bonchev–Trinajstić information content (AvgIpc) is 3.44. The first-order valence-corrected chi connectivity index (χ1v) is 10.8. The molecule has 3 aromatic rings. The number of aromatic nitrogens is 2. The molecule has 146 valence electrons. The van der Waals surface area contributed by atoms with Crippen molar-refractivity contribution in [3.05, 3.63) is 46.9 Å². The maximum Gasteiger partial charge on any atom is 0.191 e. The Morgan fingerprint density at radius 2 is 1.96 bits per heavy atom. The van der Waals surface area contributed by atoms with Gasteiger partial charge in [0.15, 0.2) is 11.1 Å². The van der Waals surface area contributed by atoms with Crippen LogP contribution >= 0.6 is 22.7 Å². The number of benzene rings is 1. The van der Waals surface area contributed by atoms with Crippen molar-refractivity contribution in [2.75, 3.05) is 38.2 Å². The molecule has 9 heteroatoms. The Hall–Kier alpha value is -2.65. The zero-order chi connectivity index (χ0) is 19.3. The van der Waals surface area contributed by atoms with Gasteiger partial charge in [-0.05, 0) is 24.3 Å². The van der Waals surface area contributed by atoms with E-state index < -0.39 is 0 Å². The van der Waals surface area contributed by atoms with E-state index >= 15 is 0 Å². The predicted octanol–water partition coefficient (Wildman–Crippen LogP) is 2.91. The van der Waals surface area contributed by atoms with Crippen molar-refractivity contribution in [3.63, 3.8) is 0 Å². The summed E-state index contributed by atoms with van der Waals surface area (Å²) in [5, 5.41) is 6.09. The highest BCUT2D eigenvalue weighted by Crippen LogP contribution is 2.26. The summed E-state index contributed by atoms with van der Waals surface area (Å²) in [6.45, 7) is 4.00. The minimum atomic E-state index is 0.491. The van der Waals surface area contributed by atoms with Crippen molar-refractivity contribution >= 4 is 33.8 Å². The van der Waals surface area contributed by atoms with E-state index in [1.165, 1.54) is 0 Å². The third kappa shape index (κ3) is 4.26. The first kappa shape index (κ1) is 18.7. The van der Waals surface area contributed by atoms with Gasteiger partial charge >= 0.3 is 0 Å². The van der Waals surface area contributed by atoms with Crippen LogP contribution in [-0.4, -0.2) is 54.1 Å². The topological polar surface area (TPSA) is 79.9 Å². The van der Waals surface area contributed by atoms with Crippen molar-refractivity contribution in [2.45, 2.75) is 6.54 Å². The quantitative estimate of drug-likeness (QED) is 0.511. The minimum Gasteiger partial charge on any atom is -0.497 e. The number of rotatable bonds is 5. The van der Waals surface area contributed by atoms with Gasteiger partial charge in [-0.15, -0.1) is 22.7 Å². The highest BCUT2D eigenvalue weighted by molar-refractivity contribution is 7.13. The van der Waals surface area contributed by atoms with Crippen LogP contribution in [0.4, 0.5) is 5.13 Å². The molecule has 0 spiro atoms. The second-order valence-electron chi connectivity index (χ2n) is 6.34. The van der Waals surface area contributed by atoms with E-state index in [2.05, 4.69) is 24.8 Å². The van der Waals surface area contributed by atoms with Gasteiger partial charge in [0.1, 0.15) is 10.8 Å². The fourth-order valence-corrected chi connectivity index (χ4v) is 4.52. The lowest BCUT2D eigenvalue weighted by Crippen LogP contribution is -2.51. The number of hydrogen-bond acceptors (Lipinski definition) is 7. The van der Waals surface area contributed by atoms with Gasteiger partial charge < -0.3 is 20.3 Å². The lowest BCUT2D eigenvalue weighted by Gasteiger charge is -2.35. The average molecular weight is 415 g/mol. The van der Waals surface area contributed by atoms with Crippen molar-refractivity contribution in [1.29, 1.82) is 0 Å². The molecule has 1 saturated heterocycles. The molecule has 1 aliphatic rings. The van der Waals surface area contributed by atoms with Crippen molar-refractivity contribution in [3.8, 4) is 16.3 Å². The number of anilines is 1. The van der Waals surface area contributed by atoms with E-state index in [1.54, 1.807) is 29.8 Å². The lowest BCUT2D eigenvalue weighted by atomic mass is 10.2. The maximum atomic E-state index is 6.22. The van der Waals surface area contributed by atoms with Crippen LogP contribution < -0.4 is 15.4 Å². The van der Waals surface area contributed by atoms with Crippen LogP contribution in [0.25, 0.3) is 10.6 Å². The van der Waals surface area contributed by atoms with Crippen LogP contribution in [0, 0.1) is 0 Å². The number of piperazine rings is 1. The molecule has 0 unspecified atom stereocenters. The lowest BCUT2D eigenvalue weighted by molar-refractivity contribution is 0.380. The zero-order valence-corrected chi connectivity index (χ0v) is 17.2. The molecule has 2 aromatic heterocycles. The Morgan fingerprint density at radius 3 is 2.64 bits per heavy atom. The fourth-order valence-electron chi connectivity index (χ4n) is 3.01. The van der Waals surface area contributed by atoms with Gasteiger partial charge in [-0.1, -0.05) is 0 Å². The summed E-state index contributed by atoms with van der Waals surface area (Å²) in [5.41, 5.74) is 8.22. The highest BCUT2D eigenvalue weighted by Gasteiger charge is 2.19. The molecule has 1 aliphatic heterocycles. The van der Waals surface area contributed by atoms with Crippen LogP contribution in [0.3, 0.4) is 0 Å². The summed E-state index contributed by atoms with van der Waals surface area (Å²) in [4.78, 5) is 18.0. The molecule has 0 aliphatic carbocycles. The number of aliphatic imine (C=N–C) groups is 1. The predicted molar refractivity (Wildman–Crippen MR) is 115 cm³/mol. The maximum absolute atomic E-state index is 6.22. The molecule has 1 fully saturated rings. The number of nitrogens with zero attached hydrogens (tertiary/aromatic N) is 5. The van der Waals surface area contributed by atoms with E-state index in [4.69, 9.17) is 10.5 Å². The van der Waals surface area contributed by atoms with Crippen LogP contribution in [-0.2, 0) is 6.54 Å². The molecule has 0 saturated carbocycles. The first-order valence-electron chi connectivity index (χ1n) is 9.01. The number of nitrogens with two attached hydrogens (primary N) is 1. The minimum absolute atomic E-state index is 0.491. The molecule has 0 atom stereocenters. The van der Waals surface area contributed by atoms with E-state index in [1.807, 2.05) is 41.2 Å². The van der Waals surface area contributed by atoms with E-state index in [0.29, 0.717) is 12.5 Å². The Morgan fingerprint density at radius 1 is 1.18 bits per heavy atom. The number of methoxy groups -OCH3 is 1. The Bertz CT molecular complexity index is 914. The SMILES string of the molecule is COc1ccc(-c2nc(CN=C(N)N3CCN(c4nccs4)CC3)cs2)cc1. The largest absolute Gasteiger partial charge is 0.497 e. The Kier molecular flexibility index (Phi) is 5.73. The third-order valence-corrected chi connectivity index (χ3v) is 6.36. The summed E-state index contributed by atoms with van der Waals surface area (Å²) in [5.74, 6) is 1.42. The monoisotopic (exact) mass is 414 g/mol. The van der Waals surface area contributed by atoms with Gasteiger partial charge in [0.05, 0.1) is 19.3 Å². The molecular weight excluding hydrogens is 392 g/mol. The standard InChI is InChI=1S/C19H22N6OS2/c1-26-16-4-2-14(3-5-16)17-23-15(13-28-17)12-22-18(20)24-7-9-25(10-8-24)19-21-6-11-27-19/h2-6,11,13H,7-10,12H2,1H3,(H2,20,22). The van der Waals surface area contributed by atoms with E-state index in [0.717, 1.165) is 53.3 Å². The second kappa shape index (κ2) is 8.57. The van der Waals surface area contributed by atoms with Crippen LogP contribution in [0.5, 0.6) is 5.75 Å². The molecule has 28 heavy (non-hydrogen) atoms. The van der Waals surface area contributed by atoms with Crippen molar-refractivity contribution in [1.82, 2.24) is 14.9 Å². The van der Waals surface area contributed by atoms with Crippen LogP contribution in [0.15, 0.2) is 46.2 Å². The van der Waals surface area contributed by atoms with Gasteiger partial charge in [-0.2, -0.15) is 0 Å². The Labute approximate surface area is 172 Å². The molecule has 1 aromatic carbocycles.